The summed E-state index contributed by atoms with van der Waals surface area (Å²) in [5, 5.41) is 7.57. The first-order valence-electron chi connectivity index (χ1n) is 9.27. The fourth-order valence-electron chi connectivity index (χ4n) is 3.03. The molecule has 0 aliphatic carbocycles. The maximum Gasteiger partial charge on any atom is 0.144 e. The number of nitrogens with zero attached hydrogens (tertiary/aromatic N) is 2. The second-order valence-corrected chi connectivity index (χ2v) is 6.43. The minimum atomic E-state index is 0.250. The summed E-state index contributed by atoms with van der Waals surface area (Å²) in [5.41, 5.74) is 4.97. The van der Waals surface area contributed by atoms with Crippen molar-refractivity contribution >= 4 is 11.0 Å². The number of methoxy groups -OCH3 is 1. The van der Waals surface area contributed by atoms with Crippen molar-refractivity contribution < 1.29 is 9.84 Å². The van der Waals surface area contributed by atoms with E-state index in [0.717, 1.165) is 40.3 Å². The van der Waals surface area contributed by atoms with Gasteiger partial charge < -0.3 is 14.4 Å². The van der Waals surface area contributed by atoms with Gasteiger partial charge in [-0.25, -0.2) is 4.98 Å². The number of terminal acetylenes is 1. The van der Waals surface area contributed by atoms with E-state index in [-0.39, 0.29) is 6.61 Å². The van der Waals surface area contributed by atoms with Crippen molar-refractivity contribution in [1.29, 1.82) is 0 Å². The first-order valence-corrected chi connectivity index (χ1v) is 9.27. The molecule has 142 valence electrons. The van der Waals surface area contributed by atoms with Gasteiger partial charge in [0.05, 0.1) is 12.7 Å². The summed E-state index contributed by atoms with van der Waals surface area (Å²) < 4.78 is 7.71. The molecule has 3 aromatic rings. The fraction of sp³-hybridized carbons (Fsp3) is 0.348. The molecule has 0 atom stereocenters. The Morgan fingerprint density at radius 3 is 2.26 bits per heavy atom. The van der Waals surface area contributed by atoms with Gasteiger partial charge in [-0.15, -0.1) is 6.42 Å². The number of aryl methyl sites for hydroxylation is 1. The highest BCUT2D eigenvalue weighted by Gasteiger charge is 2.17. The highest BCUT2D eigenvalue weighted by Crippen LogP contribution is 2.33. The Kier molecular flexibility index (Phi) is 7.04. The molecule has 0 aliphatic heterocycles. The van der Waals surface area contributed by atoms with Gasteiger partial charge in [-0.3, -0.25) is 0 Å². The number of aromatic nitrogens is 2. The van der Waals surface area contributed by atoms with E-state index in [0.29, 0.717) is 5.92 Å². The highest BCUT2D eigenvalue weighted by atomic mass is 16.5. The Morgan fingerprint density at radius 1 is 1.15 bits per heavy atom. The maximum absolute atomic E-state index is 7.57. The predicted molar refractivity (Wildman–Crippen MR) is 112 cm³/mol. The van der Waals surface area contributed by atoms with Crippen LogP contribution < -0.4 is 4.74 Å². The number of fused-ring (bicyclic) bond motifs is 1. The Labute approximate surface area is 161 Å². The van der Waals surface area contributed by atoms with Gasteiger partial charge in [-0.05, 0) is 37.5 Å². The van der Waals surface area contributed by atoms with E-state index in [1.807, 2.05) is 12.1 Å². The Bertz CT molecular complexity index is 932. The van der Waals surface area contributed by atoms with E-state index >= 15 is 0 Å². The zero-order chi connectivity index (χ0) is 20.0. The Balaban J connectivity index is 0.000000817. The van der Waals surface area contributed by atoms with Gasteiger partial charge in [0, 0.05) is 18.7 Å². The third kappa shape index (κ3) is 4.15. The zero-order valence-electron chi connectivity index (χ0n) is 16.8. The third-order valence-corrected chi connectivity index (χ3v) is 4.38. The van der Waals surface area contributed by atoms with Gasteiger partial charge in [0.25, 0.3) is 0 Å². The number of imidazole rings is 1. The van der Waals surface area contributed by atoms with Gasteiger partial charge in [0.2, 0.25) is 0 Å². The maximum atomic E-state index is 7.57. The van der Waals surface area contributed by atoms with Crippen LogP contribution in [0.4, 0.5) is 0 Å². The minimum absolute atomic E-state index is 0.250. The highest BCUT2D eigenvalue weighted by molar-refractivity contribution is 5.90. The summed E-state index contributed by atoms with van der Waals surface area (Å²) in [7, 11) is 1.68. The number of aliphatic hydroxyl groups is 1. The fourth-order valence-corrected chi connectivity index (χ4v) is 3.03. The van der Waals surface area contributed by atoms with Crippen LogP contribution in [0.15, 0.2) is 36.4 Å². The van der Waals surface area contributed by atoms with Crippen molar-refractivity contribution in [2.45, 2.75) is 40.2 Å². The van der Waals surface area contributed by atoms with Gasteiger partial charge in [0.1, 0.15) is 22.6 Å². The van der Waals surface area contributed by atoms with Crippen molar-refractivity contribution in [3.05, 3.63) is 47.5 Å². The SMILES string of the molecule is C#Cc1ccc(OC)c2c1nc(-c1ccc(C(C)C)cc1)n2CC.CCO. The topological polar surface area (TPSA) is 47.3 Å². The van der Waals surface area contributed by atoms with Crippen molar-refractivity contribution in [3.8, 4) is 29.5 Å². The quantitative estimate of drug-likeness (QED) is 0.674. The number of ether oxygens (including phenoxy) is 1. The van der Waals surface area contributed by atoms with E-state index in [2.05, 4.69) is 55.5 Å². The van der Waals surface area contributed by atoms with E-state index in [4.69, 9.17) is 21.3 Å². The van der Waals surface area contributed by atoms with Crippen molar-refractivity contribution in [2.24, 2.45) is 0 Å². The number of rotatable bonds is 4. The molecule has 4 nitrogen and oxygen atoms in total. The lowest BCUT2D eigenvalue weighted by Crippen LogP contribution is -1.99. The molecule has 0 saturated carbocycles. The normalized spacial score (nSPS) is 10.4. The standard InChI is InChI=1S/C21H22N2O.C2H6O/c1-6-15-12-13-18(24-5)20-19(15)22-21(23(20)7-2)17-10-8-16(9-11-17)14(3)4;1-2-3/h1,8-14H,7H2,2-5H3;3H,2H2,1H3. The lowest BCUT2D eigenvalue weighted by molar-refractivity contribution is 0.318. The van der Waals surface area contributed by atoms with Crippen molar-refractivity contribution in [3.63, 3.8) is 0 Å². The van der Waals surface area contributed by atoms with Crippen LogP contribution in [-0.2, 0) is 6.54 Å². The molecule has 1 N–H and O–H groups in total. The first-order chi connectivity index (χ1) is 13.0. The molecule has 1 heterocycles. The van der Waals surface area contributed by atoms with Crippen LogP contribution in [0.25, 0.3) is 22.4 Å². The summed E-state index contributed by atoms with van der Waals surface area (Å²) >= 11 is 0. The molecule has 3 rings (SSSR count). The molecule has 0 radical (unpaired) electrons. The average molecular weight is 364 g/mol. The van der Waals surface area contributed by atoms with Gasteiger partial charge in [-0.2, -0.15) is 0 Å². The number of aliphatic hydroxyl groups excluding tert-OH is 1. The number of hydrogen-bond acceptors (Lipinski definition) is 3. The van der Waals surface area contributed by atoms with Crippen LogP contribution in [0.2, 0.25) is 0 Å². The predicted octanol–water partition coefficient (Wildman–Crippen LogP) is 4.84. The van der Waals surface area contributed by atoms with E-state index in [1.54, 1.807) is 14.0 Å². The lowest BCUT2D eigenvalue weighted by atomic mass is 10.0. The van der Waals surface area contributed by atoms with E-state index < -0.39 is 0 Å². The van der Waals surface area contributed by atoms with Gasteiger partial charge in [0.15, 0.2) is 0 Å². The largest absolute Gasteiger partial charge is 0.494 e. The molecule has 27 heavy (non-hydrogen) atoms. The van der Waals surface area contributed by atoms with Crippen molar-refractivity contribution in [2.75, 3.05) is 13.7 Å². The third-order valence-electron chi connectivity index (χ3n) is 4.38. The Morgan fingerprint density at radius 2 is 1.78 bits per heavy atom. The van der Waals surface area contributed by atoms with Crippen LogP contribution in [0.1, 0.15) is 44.7 Å². The molecule has 0 aliphatic rings. The average Bonchev–Trinajstić information content (AvgIpc) is 3.07. The number of benzene rings is 2. The van der Waals surface area contributed by atoms with Crippen LogP contribution in [0, 0.1) is 12.3 Å². The van der Waals surface area contributed by atoms with Gasteiger partial charge in [-0.1, -0.05) is 44.0 Å². The monoisotopic (exact) mass is 364 g/mol. The molecule has 4 heteroatoms. The second-order valence-electron chi connectivity index (χ2n) is 6.43. The van der Waals surface area contributed by atoms with E-state index in [9.17, 15) is 0 Å². The smallest absolute Gasteiger partial charge is 0.144 e. The molecule has 0 spiro atoms. The molecule has 0 unspecified atom stereocenters. The molecular weight excluding hydrogens is 336 g/mol. The summed E-state index contributed by atoms with van der Waals surface area (Å²) in [5.74, 6) is 4.96. The Hall–Kier alpha value is -2.77. The molecule has 0 saturated heterocycles. The summed E-state index contributed by atoms with van der Waals surface area (Å²) in [4.78, 5) is 4.85. The van der Waals surface area contributed by atoms with Crippen LogP contribution in [0.3, 0.4) is 0 Å². The molecule has 2 aromatic carbocycles. The number of hydrogen-bond donors (Lipinski definition) is 1. The lowest BCUT2D eigenvalue weighted by Gasteiger charge is -2.10. The molecule has 1 aromatic heterocycles. The van der Waals surface area contributed by atoms with Crippen LogP contribution in [0.5, 0.6) is 5.75 Å². The molecular formula is C23H28N2O2. The second kappa shape index (κ2) is 9.25. The zero-order valence-corrected chi connectivity index (χ0v) is 16.8. The van der Waals surface area contributed by atoms with Gasteiger partial charge >= 0.3 is 0 Å². The summed E-state index contributed by atoms with van der Waals surface area (Å²) in [6, 6.07) is 12.4. The molecule has 0 fully saturated rings. The van der Waals surface area contributed by atoms with Crippen LogP contribution in [-0.4, -0.2) is 28.4 Å². The van der Waals surface area contributed by atoms with Crippen molar-refractivity contribution in [1.82, 2.24) is 9.55 Å². The molecule has 0 amide bonds. The van der Waals surface area contributed by atoms with E-state index in [1.165, 1.54) is 5.56 Å². The summed E-state index contributed by atoms with van der Waals surface area (Å²) in [6.45, 7) is 9.22. The minimum Gasteiger partial charge on any atom is -0.494 e. The van der Waals surface area contributed by atoms with Crippen LogP contribution >= 0.6 is 0 Å². The first kappa shape index (κ1) is 20.5. The summed E-state index contributed by atoms with van der Waals surface area (Å²) in [6.07, 6.45) is 5.66. The molecule has 0 bridgehead atoms.